The van der Waals surface area contributed by atoms with Crippen LogP contribution in [0.15, 0.2) is 47.0 Å². The van der Waals surface area contributed by atoms with Crippen LogP contribution in [0.4, 0.5) is 15.8 Å². The lowest BCUT2D eigenvalue weighted by Gasteiger charge is -2.16. The third-order valence-electron chi connectivity index (χ3n) is 4.40. The average molecular weight is 412 g/mol. The van der Waals surface area contributed by atoms with Crippen molar-refractivity contribution in [3.63, 3.8) is 0 Å². The van der Waals surface area contributed by atoms with Crippen molar-refractivity contribution in [1.29, 1.82) is 0 Å². The summed E-state index contributed by atoms with van der Waals surface area (Å²) in [5.74, 6) is 0.647. The number of anilines is 2. The van der Waals surface area contributed by atoms with E-state index in [9.17, 15) is 9.18 Å². The Balaban J connectivity index is 1.78. The lowest BCUT2D eigenvalue weighted by Crippen LogP contribution is -2.14. The number of hydrogen-bond acceptors (Lipinski definition) is 6. The van der Waals surface area contributed by atoms with E-state index in [-0.39, 0.29) is 17.0 Å². The molecule has 1 atom stereocenters. The number of carbonyl (C=O) groups is 1. The fourth-order valence-electron chi connectivity index (χ4n) is 2.75. The number of aromatic nitrogens is 2. The maximum absolute atomic E-state index is 13.4. The van der Waals surface area contributed by atoms with E-state index in [2.05, 4.69) is 20.8 Å². The van der Waals surface area contributed by atoms with E-state index in [1.807, 2.05) is 33.8 Å². The zero-order chi connectivity index (χ0) is 21.9. The van der Waals surface area contributed by atoms with Gasteiger partial charge in [0.05, 0.1) is 12.8 Å². The molecule has 2 N–H and O–H groups in total. The normalized spacial score (nSPS) is 12.3. The topological polar surface area (TPSA) is 89.3 Å². The minimum absolute atomic E-state index is 0.212. The van der Waals surface area contributed by atoms with Crippen molar-refractivity contribution in [1.82, 2.24) is 10.1 Å². The predicted octanol–water partition coefficient (Wildman–Crippen LogP) is 4.94. The van der Waals surface area contributed by atoms with Crippen molar-refractivity contribution in [2.75, 3.05) is 17.7 Å². The van der Waals surface area contributed by atoms with Crippen LogP contribution < -0.4 is 15.4 Å². The maximum atomic E-state index is 13.4. The van der Waals surface area contributed by atoms with Crippen LogP contribution in [0.3, 0.4) is 0 Å². The zero-order valence-corrected chi connectivity index (χ0v) is 17.6. The molecule has 2 aromatic carbocycles. The molecule has 158 valence electrons. The zero-order valence-electron chi connectivity index (χ0n) is 17.6. The Morgan fingerprint density at radius 1 is 1.20 bits per heavy atom. The molecule has 1 aromatic heterocycles. The van der Waals surface area contributed by atoms with Gasteiger partial charge in [-0.2, -0.15) is 4.98 Å². The van der Waals surface area contributed by atoms with Gasteiger partial charge in [0.25, 0.3) is 5.91 Å². The molecule has 3 aromatic rings. The predicted molar refractivity (Wildman–Crippen MR) is 112 cm³/mol. The number of benzene rings is 2. The average Bonchev–Trinajstić information content (AvgIpc) is 3.19. The molecule has 0 saturated heterocycles. The summed E-state index contributed by atoms with van der Waals surface area (Å²) < 4.78 is 24.1. The number of carbonyl (C=O) groups excluding carboxylic acids is 1. The van der Waals surface area contributed by atoms with Crippen LogP contribution in [0, 0.1) is 5.82 Å². The van der Waals surface area contributed by atoms with Gasteiger partial charge >= 0.3 is 0 Å². The molecule has 1 heterocycles. The van der Waals surface area contributed by atoms with Crippen molar-refractivity contribution in [2.45, 2.75) is 39.2 Å². The van der Waals surface area contributed by atoms with E-state index in [0.29, 0.717) is 28.8 Å². The number of nitrogens with one attached hydrogen (secondary N) is 2. The van der Waals surface area contributed by atoms with Crippen LogP contribution in [-0.2, 0) is 5.41 Å². The highest BCUT2D eigenvalue weighted by molar-refractivity contribution is 6.05. The lowest BCUT2D eigenvalue weighted by atomic mass is 9.96. The molecule has 7 nitrogen and oxygen atoms in total. The monoisotopic (exact) mass is 412 g/mol. The Hall–Kier alpha value is -3.42. The molecule has 1 amide bonds. The van der Waals surface area contributed by atoms with Gasteiger partial charge in [0.15, 0.2) is 5.82 Å². The Kier molecular flexibility index (Phi) is 6.05. The van der Waals surface area contributed by atoms with Crippen LogP contribution in [0.1, 0.15) is 55.8 Å². The molecule has 0 aliphatic rings. The highest BCUT2D eigenvalue weighted by Crippen LogP contribution is 2.30. The molecule has 1 unspecified atom stereocenters. The molecule has 3 rings (SSSR count). The third-order valence-corrected chi connectivity index (χ3v) is 4.40. The van der Waals surface area contributed by atoms with Crippen LogP contribution in [0.25, 0.3) is 0 Å². The third kappa shape index (κ3) is 4.94. The van der Waals surface area contributed by atoms with E-state index in [4.69, 9.17) is 9.26 Å². The smallest absolute Gasteiger partial charge is 0.255 e. The van der Waals surface area contributed by atoms with Crippen molar-refractivity contribution < 1.29 is 18.4 Å². The molecule has 0 fully saturated rings. The second-order valence-corrected chi connectivity index (χ2v) is 7.95. The molecule has 0 aliphatic carbocycles. The maximum Gasteiger partial charge on any atom is 0.255 e. The van der Waals surface area contributed by atoms with Crippen molar-refractivity contribution in [2.24, 2.45) is 0 Å². The van der Waals surface area contributed by atoms with Crippen molar-refractivity contribution >= 4 is 17.3 Å². The molecule has 8 heteroatoms. The fourth-order valence-corrected chi connectivity index (χ4v) is 2.75. The first-order valence-electron chi connectivity index (χ1n) is 9.53. The molecular formula is C22H25FN4O3. The Morgan fingerprint density at radius 3 is 2.60 bits per heavy atom. The standard InChI is InChI=1S/C22H25FN4O3/c1-13(20-26-21(27-30-20)22(2,3)4)24-16-9-10-18(29-5)17(12-16)25-19(28)14-7-6-8-15(23)11-14/h6-13,24H,1-5H3,(H,25,28). The summed E-state index contributed by atoms with van der Waals surface area (Å²) in [6, 6.07) is 10.5. The van der Waals surface area contributed by atoms with Gasteiger partial charge < -0.3 is 19.9 Å². The van der Waals surface area contributed by atoms with Gasteiger partial charge in [-0.05, 0) is 43.3 Å². The van der Waals surface area contributed by atoms with Crippen molar-refractivity contribution in [3.8, 4) is 5.75 Å². The van der Waals surface area contributed by atoms with E-state index in [0.717, 1.165) is 0 Å². The molecule has 0 bridgehead atoms. The second-order valence-electron chi connectivity index (χ2n) is 7.95. The molecule has 0 aliphatic heterocycles. The quantitative estimate of drug-likeness (QED) is 0.596. The highest BCUT2D eigenvalue weighted by Gasteiger charge is 2.23. The molecule has 0 saturated carbocycles. The SMILES string of the molecule is COc1ccc(NC(C)c2nc(C(C)(C)C)no2)cc1NC(=O)c1cccc(F)c1. The van der Waals surface area contributed by atoms with E-state index < -0.39 is 11.7 Å². The van der Waals surface area contributed by atoms with Crippen LogP contribution >= 0.6 is 0 Å². The van der Waals surface area contributed by atoms with Crippen molar-refractivity contribution in [3.05, 3.63) is 65.6 Å². The number of hydrogen-bond donors (Lipinski definition) is 2. The Labute approximate surface area is 174 Å². The first-order valence-corrected chi connectivity index (χ1v) is 9.53. The number of amides is 1. The van der Waals surface area contributed by atoms with Gasteiger partial charge in [-0.1, -0.05) is 32.0 Å². The lowest BCUT2D eigenvalue weighted by molar-refractivity contribution is 0.102. The summed E-state index contributed by atoms with van der Waals surface area (Å²) in [7, 11) is 1.51. The molecular weight excluding hydrogens is 387 g/mol. The summed E-state index contributed by atoms with van der Waals surface area (Å²) >= 11 is 0. The van der Waals surface area contributed by atoms with Gasteiger partial charge in [0, 0.05) is 16.7 Å². The number of ether oxygens (including phenoxy) is 1. The summed E-state index contributed by atoms with van der Waals surface area (Å²) in [6.45, 7) is 7.93. The first-order chi connectivity index (χ1) is 14.2. The summed E-state index contributed by atoms with van der Waals surface area (Å²) in [4.78, 5) is 17.0. The Bertz CT molecular complexity index is 1040. The minimum Gasteiger partial charge on any atom is -0.495 e. The van der Waals surface area contributed by atoms with E-state index in [1.165, 1.54) is 31.4 Å². The molecule has 30 heavy (non-hydrogen) atoms. The molecule has 0 radical (unpaired) electrons. The van der Waals surface area contributed by atoms with Gasteiger partial charge in [0.1, 0.15) is 17.6 Å². The summed E-state index contributed by atoms with van der Waals surface area (Å²) in [6.07, 6.45) is 0. The second kappa shape index (κ2) is 8.52. The number of nitrogens with zero attached hydrogens (tertiary/aromatic N) is 2. The first kappa shape index (κ1) is 21.3. The van der Waals surface area contributed by atoms with E-state index >= 15 is 0 Å². The van der Waals surface area contributed by atoms with Crippen LogP contribution in [0.2, 0.25) is 0 Å². The van der Waals surface area contributed by atoms with Crippen LogP contribution in [-0.4, -0.2) is 23.2 Å². The number of methoxy groups -OCH3 is 1. The van der Waals surface area contributed by atoms with Gasteiger partial charge in [0.2, 0.25) is 5.89 Å². The number of rotatable bonds is 6. The van der Waals surface area contributed by atoms with E-state index in [1.54, 1.807) is 12.1 Å². The number of halogens is 1. The van der Waals surface area contributed by atoms with Gasteiger partial charge in [-0.15, -0.1) is 0 Å². The Morgan fingerprint density at radius 2 is 1.97 bits per heavy atom. The van der Waals surface area contributed by atoms with Gasteiger partial charge in [-0.3, -0.25) is 4.79 Å². The molecule has 0 spiro atoms. The fraction of sp³-hybridized carbons (Fsp3) is 0.318. The summed E-state index contributed by atoms with van der Waals surface area (Å²) in [5.41, 5.74) is 1.17. The summed E-state index contributed by atoms with van der Waals surface area (Å²) in [5, 5.41) is 10.1. The van der Waals surface area contributed by atoms with Gasteiger partial charge in [-0.25, -0.2) is 4.39 Å². The van der Waals surface area contributed by atoms with Crippen LogP contribution in [0.5, 0.6) is 5.75 Å². The largest absolute Gasteiger partial charge is 0.495 e. The minimum atomic E-state index is -0.479. The highest BCUT2D eigenvalue weighted by atomic mass is 19.1.